The Morgan fingerprint density at radius 3 is 2.71 bits per heavy atom. The van der Waals surface area contributed by atoms with Crippen molar-refractivity contribution in [2.75, 3.05) is 5.32 Å². The van der Waals surface area contributed by atoms with Gasteiger partial charge in [-0.2, -0.15) is 8.78 Å². The lowest BCUT2D eigenvalue weighted by molar-refractivity contribution is 0.252. The van der Waals surface area contributed by atoms with Gasteiger partial charge in [0.15, 0.2) is 5.11 Å². The summed E-state index contributed by atoms with van der Waals surface area (Å²) in [6.45, 7) is 0. The van der Waals surface area contributed by atoms with Gasteiger partial charge in [0.05, 0.1) is 5.69 Å². The van der Waals surface area contributed by atoms with Gasteiger partial charge in [0, 0.05) is 10.9 Å². The van der Waals surface area contributed by atoms with Gasteiger partial charge in [0.1, 0.15) is 0 Å². The largest absolute Gasteiger partial charge is 0.360 e. The van der Waals surface area contributed by atoms with Crippen LogP contribution in [0.2, 0.25) is 0 Å². The van der Waals surface area contributed by atoms with Crippen LogP contribution in [0.4, 0.5) is 14.5 Å². The van der Waals surface area contributed by atoms with E-state index in [0.717, 1.165) is 12.8 Å². The summed E-state index contributed by atoms with van der Waals surface area (Å²) in [6, 6.07) is 7.36. The Hall–Kier alpha value is -0.880. The van der Waals surface area contributed by atoms with E-state index >= 15 is 0 Å². The fourth-order valence-electron chi connectivity index (χ4n) is 1.34. The molecule has 0 amide bonds. The van der Waals surface area contributed by atoms with Gasteiger partial charge in [0.25, 0.3) is 5.76 Å². The van der Waals surface area contributed by atoms with E-state index in [-0.39, 0.29) is 0 Å². The monoisotopic (exact) mass is 274 g/mol. The topological polar surface area (TPSA) is 24.1 Å². The van der Waals surface area contributed by atoms with Gasteiger partial charge in [-0.15, -0.1) is 0 Å². The number of para-hydroxylation sites is 1. The van der Waals surface area contributed by atoms with E-state index in [1.807, 2.05) is 0 Å². The molecule has 1 aliphatic carbocycles. The number of halogens is 2. The Morgan fingerprint density at radius 2 is 2.06 bits per heavy atom. The zero-order chi connectivity index (χ0) is 12.3. The third-order valence-corrected chi connectivity index (χ3v) is 3.27. The minimum atomic E-state index is -2.43. The highest BCUT2D eigenvalue weighted by Gasteiger charge is 2.22. The summed E-state index contributed by atoms with van der Waals surface area (Å²) in [7, 11) is 0. The van der Waals surface area contributed by atoms with Crippen LogP contribution in [0.1, 0.15) is 12.8 Å². The number of hydrogen-bond acceptors (Lipinski definition) is 2. The minimum absolute atomic E-state index is 0.449. The average molecular weight is 274 g/mol. The first-order valence-electron chi connectivity index (χ1n) is 5.26. The second kappa shape index (κ2) is 5.64. The summed E-state index contributed by atoms with van der Waals surface area (Å²) in [4.78, 5) is 0.502. The number of hydrogen-bond donors (Lipinski definition) is 2. The first kappa shape index (κ1) is 12.6. The van der Waals surface area contributed by atoms with Gasteiger partial charge in [-0.25, -0.2) is 0 Å². The van der Waals surface area contributed by atoms with E-state index in [1.165, 1.54) is 0 Å². The Labute approximate surface area is 108 Å². The number of thioether (sulfide) groups is 1. The summed E-state index contributed by atoms with van der Waals surface area (Å²) in [5.41, 5.74) is 0.621. The molecule has 1 saturated carbocycles. The van der Waals surface area contributed by atoms with E-state index in [4.69, 9.17) is 12.2 Å². The van der Waals surface area contributed by atoms with Crippen LogP contribution in [-0.4, -0.2) is 16.9 Å². The van der Waals surface area contributed by atoms with Gasteiger partial charge < -0.3 is 10.6 Å². The number of anilines is 1. The second-order valence-corrected chi connectivity index (χ2v) is 5.19. The quantitative estimate of drug-likeness (QED) is 0.648. The number of benzene rings is 1. The Kier molecular flexibility index (Phi) is 4.17. The molecule has 0 heterocycles. The van der Waals surface area contributed by atoms with Gasteiger partial charge in [-0.05, 0) is 37.2 Å². The predicted octanol–water partition coefficient (Wildman–Crippen LogP) is 3.45. The number of nitrogens with one attached hydrogen (secondary N) is 2. The summed E-state index contributed by atoms with van der Waals surface area (Å²) < 4.78 is 24.7. The maximum Gasteiger partial charge on any atom is 0.288 e. The molecule has 1 aromatic carbocycles. The Morgan fingerprint density at radius 1 is 1.35 bits per heavy atom. The fraction of sp³-hybridized carbons (Fsp3) is 0.364. The second-order valence-electron chi connectivity index (χ2n) is 3.75. The maximum atomic E-state index is 12.3. The normalized spacial score (nSPS) is 14.8. The first-order chi connectivity index (χ1) is 8.15. The molecule has 1 fully saturated rings. The van der Waals surface area contributed by atoms with Crippen LogP contribution in [0.25, 0.3) is 0 Å². The van der Waals surface area contributed by atoms with Crippen molar-refractivity contribution in [2.24, 2.45) is 0 Å². The molecule has 0 bridgehead atoms. The molecular formula is C11H12F2N2S2. The molecule has 1 aliphatic rings. The molecule has 17 heavy (non-hydrogen) atoms. The lowest BCUT2D eigenvalue weighted by atomic mass is 10.3. The molecule has 92 valence electrons. The van der Waals surface area contributed by atoms with Crippen LogP contribution in [-0.2, 0) is 0 Å². The zero-order valence-corrected chi connectivity index (χ0v) is 10.6. The predicted molar refractivity (Wildman–Crippen MR) is 70.7 cm³/mol. The molecule has 2 rings (SSSR count). The first-order valence-corrected chi connectivity index (χ1v) is 6.55. The molecule has 0 atom stereocenters. The molecular weight excluding hydrogens is 262 g/mol. The lowest BCUT2D eigenvalue weighted by Crippen LogP contribution is -2.30. The molecule has 1 aromatic rings. The van der Waals surface area contributed by atoms with Crippen LogP contribution in [0, 0.1) is 0 Å². The van der Waals surface area contributed by atoms with E-state index in [1.54, 1.807) is 24.3 Å². The van der Waals surface area contributed by atoms with E-state index in [0.29, 0.717) is 33.5 Å². The highest BCUT2D eigenvalue weighted by molar-refractivity contribution is 7.99. The Bertz CT molecular complexity index is 408. The Balaban J connectivity index is 2.00. The molecule has 6 heteroatoms. The molecule has 0 saturated heterocycles. The molecule has 0 aromatic heterocycles. The molecule has 2 N–H and O–H groups in total. The van der Waals surface area contributed by atoms with Crippen LogP contribution in [0.3, 0.4) is 0 Å². The van der Waals surface area contributed by atoms with Crippen molar-refractivity contribution < 1.29 is 8.78 Å². The number of thiocarbonyl (C=S) groups is 1. The van der Waals surface area contributed by atoms with Gasteiger partial charge in [0.2, 0.25) is 0 Å². The van der Waals surface area contributed by atoms with Crippen LogP contribution in [0.15, 0.2) is 29.2 Å². The summed E-state index contributed by atoms with van der Waals surface area (Å²) in [6.07, 6.45) is 2.24. The van der Waals surface area contributed by atoms with Crippen LogP contribution < -0.4 is 10.6 Å². The SMILES string of the molecule is FC(F)Sc1ccccc1NC(=S)NC1CC1. The van der Waals surface area contributed by atoms with Crippen molar-refractivity contribution >= 4 is 34.8 Å². The molecule has 0 radical (unpaired) electrons. The highest BCUT2D eigenvalue weighted by Crippen LogP contribution is 2.31. The van der Waals surface area contributed by atoms with Gasteiger partial charge in [-0.1, -0.05) is 23.9 Å². The number of rotatable bonds is 4. The van der Waals surface area contributed by atoms with E-state index in [2.05, 4.69) is 10.6 Å². The van der Waals surface area contributed by atoms with Crippen molar-refractivity contribution in [3.05, 3.63) is 24.3 Å². The van der Waals surface area contributed by atoms with Crippen molar-refractivity contribution in [3.8, 4) is 0 Å². The third-order valence-electron chi connectivity index (χ3n) is 2.26. The summed E-state index contributed by atoms with van der Waals surface area (Å²) in [5.74, 6) is -2.43. The molecule has 0 aliphatic heterocycles. The van der Waals surface area contributed by atoms with Crippen LogP contribution >= 0.6 is 24.0 Å². The molecule has 0 spiro atoms. The number of alkyl halides is 2. The van der Waals surface area contributed by atoms with E-state index in [9.17, 15) is 8.78 Å². The van der Waals surface area contributed by atoms with Crippen LogP contribution in [0.5, 0.6) is 0 Å². The smallest absolute Gasteiger partial charge is 0.288 e. The lowest BCUT2D eigenvalue weighted by Gasteiger charge is -2.13. The third kappa shape index (κ3) is 4.12. The van der Waals surface area contributed by atoms with Crippen molar-refractivity contribution in [2.45, 2.75) is 29.5 Å². The molecule has 2 nitrogen and oxygen atoms in total. The summed E-state index contributed by atoms with van der Waals surface area (Å²) >= 11 is 5.62. The zero-order valence-electron chi connectivity index (χ0n) is 8.95. The van der Waals surface area contributed by atoms with Crippen molar-refractivity contribution in [1.29, 1.82) is 0 Å². The molecule has 0 unspecified atom stereocenters. The van der Waals surface area contributed by atoms with Gasteiger partial charge in [-0.3, -0.25) is 0 Å². The fourth-order valence-corrected chi connectivity index (χ4v) is 2.21. The van der Waals surface area contributed by atoms with Gasteiger partial charge >= 0.3 is 0 Å². The standard InChI is InChI=1S/C11H12F2N2S2/c12-10(13)17-9-4-2-1-3-8(9)15-11(16)14-7-5-6-7/h1-4,7,10H,5-6H2,(H2,14,15,16). The average Bonchev–Trinajstić information content (AvgIpc) is 3.04. The van der Waals surface area contributed by atoms with E-state index < -0.39 is 5.76 Å². The maximum absolute atomic E-state index is 12.3. The summed E-state index contributed by atoms with van der Waals surface area (Å²) in [5, 5.41) is 6.56. The van der Waals surface area contributed by atoms with Crippen molar-refractivity contribution in [1.82, 2.24) is 5.32 Å². The minimum Gasteiger partial charge on any atom is -0.360 e. The highest BCUT2D eigenvalue weighted by atomic mass is 32.2. The van der Waals surface area contributed by atoms with Crippen molar-refractivity contribution in [3.63, 3.8) is 0 Å².